The van der Waals surface area contributed by atoms with Crippen molar-refractivity contribution in [3.63, 3.8) is 0 Å². The zero-order valence-corrected chi connectivity index (χ0v) is 12.0. The number of β-amino-alcohol motifs (C(OH)–C–C–N with tert-alkyl or cyclic N) is 1. The molecule has 0 aliphatic carbocycles. The van der Waals surface area contributed by atoms with Crippen molar-refractivity contribution in [1.82, 2.24) is 9.80 Å². The molecule has 4 heteroatoms. The molecular weight excluding hydrogens is 240 g/mol. The van der Waals surface area contributed by atoms with Crippen LogP contribution in [-0.2, 0) is 0 Å². The first-order valence-electron chi connectivity index (χ1n) is 6.81. The number of hydrogen-bond acceptors (Lipinski definition) is 4. The monoisotopic (exact) mass is 264 g/mol. The highest BCUT2D eigenvalue weighted by Crippen LogP contribution is 2.26. The summed E-state index contributed by atoms with van der Waals surface area (Å²) in [5.74, 6) is 0.762. The Morgan fingerprint density at radius 1 is 1.42 bits per heavy atom. The normalized spacial score (nSPS) is 21.8. The zero-order valence-electron chi connectivity index (χ0n) is 12.0. The maximum atomic E-state index is 10.4. The molecule has 0 bridgehead atoms. The molecule has 1 N–H and O–H groups in total. The Kier molecular flexibility index (Phi) is 4.80. The molecule has 1 fully saturated rings. The van der Waals surface area contributed by atoms with Gasteiger partial charge in [0.2, 0.25) is 0 Å². The van der Waals surface area contributed by atoms with E-state index < -0.39 is 6.10 Å². The van der Waals surface area contributed by atoms with E-state index in [9.17, 15) is 5.11 Å². The number of para-hydroxylation sites is 1. The Hall–Kier alpha value is -1.10. The predicted octanol–water partition coefficient (Wildman–Crippen LogP) is 1.36. The van der Waals surface area contributed by atoms with Gasteiger partial charge >= 0.3 is 0 Å². The van der Waals surface area contributed by atoms with Crippen LogP contribution >= 0.6 is 0 Å². The molecule has 1 aromatic carbocycles. The van der Waals surface area contributed by atoms with E-state index >= 15 is 0 Å². The summed E-state index contributed by atoms with van der Waals surface area (Å²) in [5, 5.41) is 10.4. The van der Waals surface area contributed by atoms with E-state index in [-0.39, 0.29) is 0 Å². The number of likely N-dealkylation sites (tertiary alicyclic amines) is 1. The summed E-state index contributed by atoms with van der Waals surface area (Å²) in [4.78, 5) is 4.58. The lowest BCUT2D eigenvalue weighted by atomic mass is 10.1. The second-order valence-corrected chi connectivity index (χ2v) is 5.42. The van der Waals surface area contributed by atoms with E-state index in [1.807, 2.05) is 24.3 Å². The smallest absolute Gasteiger partial charge is 0.124 e. The second-order valence-electron chi connectivity index (χ2n) is 5.42. The number of hydrogen-bond donors (Lipinski definition) is 1. The highest BCUT2D eigenvalue weighted by molar-refractivity contribution is 5.35. The molecule has 2 rings (SSSR count). The molecule has 2 atom stereocenters. The van der Waals surface area contributed by atoms with Crippen molar-refractivity contribution in [3.05, 3.63) is 29.8 Å². The van der Waals surface area contributed by atoms with Gasteiger partial charge in [-0.3, -0.25) is 4.90 Å². The minimum absolute atomic E-state index is 0.489. The average Bonchev–Trinajstić information content (AvgIpc) is 2.87. The van der Waals surface area contributed by atoms with E-state index in [0.29, 0.717) is 12.6 Å². The van der Waals surface area contributed by atoms with Crippen LogP contribution in [0.4, 0.5) is 0 Å². The summed E-state index contributed by atoms with van der Waals surface area (Å²) >= 11 is 0. The number of ether oxygens (including phenoxy) is 1. The fourth-order valence-corrected chi connectivity index (χ4v) is 2.68. The van der Waals surface area contributed by atoms with Gasteiger partial charge in [-0.15, -0.1) is 0 Å². The fraction of sp³-hybridized carbons (Fsp3) is 0.600. The fourth-order valence-electron chi connectivity index (χ4n) is 2.68. The zero-order chi connectivity index (χ0) is 13.8. The van der Waals surface area contributed by atoms with Crippen LogP contribution in [0.2, 0.25) is 0 Å². The summed E-state index contributed by atoms with van der Waals surface area (Å²) in [6.07, 6.45) is 0.683. The van der Waals surface area contributed by atoms with Crippen LogP contribution in [0.3, 0.4) is 0 Å². The van der Waals surface area contributed by atoms with Crippen molar-refractivity contribution < 1.29 is 9.84 Å². The van der Waals surface area contributed by atoms with Crippen LogP contribution in [0.15, 0.2) is 24.3 Å². The predicted molar refractivity (Wildman–Crippen MR) is 76.5 cm³/mol. The number of aliphatic hydroxyl groups excluding tert-OH is 1. The minimum atomic E-state index is -0.489. The largest absolute Gasteiger partial charge is 0.496 e. The molecule has 106 valence electrons. The first-order valence-corrected chi connectivity index (χ1v) is 6.81. The van der Waals surface area contributed by atoms with Crippen LogP contribution in [0.5, 0.6) is 5.75 Å². The molecule has 19 heavy (non-hydrogen) atoms. The average molecular weight is 264 g/mol. The number of nitrogens with zero attached hydrogens (tertiary/aromatic N) is 2. The van der Waals surface area contributed by atoms with Gasteiger partial charge in [0.05, 0.1) is 13.2 Å². The number of benzene rings is 1. The molecule has 0 radical (unpaired) electrons. The molecule has 4 nitrogen and oxygen atoms in total. The maximum Gasteiger partial charge on any atom is 0.124 e. The van der Waals surface area contributed by atoms with E-state index in [1.54, 1.807) is 7.11 Å². The van der Waals surface area contributed by atoms with Gasteiger partial charge < -0.3 is 14.7 Å². The third-order valence-corrected chi connectivity index (χ3v) is 3.91. The first-order chi connectivity index (χ1) is 9.11. The molecule has 1 aliphatic rings. The van der Waals surface area contributed by atoms with Crippen LogP contribution in [-0.4, -0.2) is 61.8 Å². The Balaban J connectivity index is 1.96. The summed E-state index contributed by atoms with van der Waals surface area (Å²) < 4.78 is 5.30. The second kappa shape index (κ2) is 6.37. The van der Waals surface area contributed by atoms with Crippen molar-refractivity contribution in [2.45, 2.75) is 18.6 Å². The molecule has 1 aromatic rings. The van der Waals surface area contributed by atoms with Gasteiger partial charge in [0, 0.05) is 24.7 Å². The van der Waals surface area contributed by atoms with Crippen LogP contribution in [0.25, 0.3) is 0 Å². The molecule has 1 saturated heterocycles. The van der Waals surface area contributed by atoms with E-state index in [2.05, 4.69) is 23.9 Å². The molecule has 0 saturated carbocycles. The van der Waals surface area contributed by atoms with Gasteiger partial charge in [0.25, 0.3) is 0 Å². The lowest BCUT2D eigenvalue weighted by Gasteiger charge is -2.23. The highest BCUT2D eigenvalue weighted by Gasteiger charge is 2.26. The highest BCUT2D eigenvalue weighted by atomic mass is 16.5. The van der Waals surface area contributed by atoms with Crippen molar-refractivity contribution in [3.8, 4) is 5.75 Å². The Labute approximate surface area is 115 Å². The SMILES string of the molecule is COc1ccccc1C(O)CN1CCC(N(C)C)C1. The molecule has 0 spiro atoms. The lowest BCUT2D eigenvalue weighted by Crippen LogP contribution is -2.33. The third kappa shape index (κ3) is 3.47. The van der Waals surface area contributed by atoms with E-state index in [0.717, 1.165) is 24.4 Å². The van der Waals surface area contributed by atoms with Crippen LogP contribution in [0.1, 0.15) is 18.1 Å². The Morgan fingerprint density at radius 2 is 2.16 bits per heavy atom. The quantitative estimate of drug-likeness (QED) is 0.871. The molecule has 2 unspecified atom stereocenters. The van der Waals surface area contributed by atoms with E-state index in [4.69, 9.17) is 4.74 Å². The maximum absolute atomic E-state index is 10.4. The summed E-state index contributed by atoms with van der Waals surface area (Å²) in [6, 6.07) is 8.29. The minimum Gasteiger partial charge on any atom is -0.496 e. The lowest BCUT2D eigenvalue weighted by molar-refractivity contribution is 0.119. The van der Waals surface area contributed by atoms with E-state index in [1.165, 1.54) is 6.42 Å². The summed E-state index contributed by atoms with van der Waals surface area (Å²) in [7, 11) is 5.87. The summed E-state index contributed by atoms with van der Waals surface area (Å²) in [6.45, 7) is 2.75. The Morgan fingerprint density at radius 3 is 2.79 bits per heavy atom. The van der Waals surface area contributed by atoms with Crippen LogP contribution in [0, 0.1) is 0 Å². The van der Waals surface area contributed by atoms with Crippen molar-refractivity contribution in [2.24, 2.45) is 0 Å². The van der Waals surface area contributed by atoms with Gasteiger partial charge in [-0.05, 0) is 33.1 Å². The van der Waals surface area contributed by atoms with Crippen LogP contribution < -0.4 is 4.74 Å². The third-order valence-electron chi connectivity index (χ3n) is 3.91. The standard InChI is InChI=1S/C15H24N2O2/c1-16(2)12-8-9-17(10-12)11-14(18)13-6-4-5-7-15(13)19-3/h4-7,12,14,18H,8-11H2,1-3H3. The number of methoxy groups -OCH3 is 1. The van der Waals surface area contributed by atoms with Gasteiger partial charge in [-0.25, -0.2) is 0 Å². The van der Waals surface area contributed by atoms with Crippen molar-refractivity contribution in [2.75, 3.05) is 40.8 Å². The topological polar surface area (TPSA) is 35.9 Å². The summed E-state index contributed by atoms with van der Waals surface area (Å²) in [5.41, 5.74) is 0.873. The molecule has 1 heterocycles. The Bertz CT molecular complexity index is 409. The van der Waals surface area contributed by atoms with Crippen molar-refractivity contribution >= 4 is 0 Å². The van der Waals surface area contributed by atoms with Gasteiger partial charge in [-0.2, -0.15) is 0 Å². The van der Waals surface area contributed by atoms with Gasteiger partial charge in [0.1, 0.15) is 5.75 Å². The molecular formula is C15H24N2O2. The molecule has 0 aromatic heterocycles. The number of rotatable bonds is 5. The van der Waals surface area contributed by atoms with Gasteiger partial charge in [-0.1, -0.05) is 18.2 Å². The number of likely N-dealkylation sites (N-methyl/N-ethyl adjacent to an activating group) is 1. The van der Waals surface area contributed by atoms with Gasteiger partial charge in [0.15, 0.2) is 0 Å². The van der Waals surface area contributed by atoms with Crippen molar-refractivity contribution in [1.29, 1.82) is 0 Å². The molecule has 0 amide bonds. The first kappa shape index (κ1) is 14.3. The number of aliphatic hydroxyl groups is 1. The molecule has 1 aliphatic heterocycles.